The molecule has 0 unspecified atom stereocenters. The van der Waals surface area contributed by atoms with Crippen molar-refractivity contribution < 1.29 is 19.7 Å². The third kappa shape index (κ3) is 4.90. The van der Waals surface area contributed by atoms with Gasteiger partial charge in [-0.3, -0.25) is 4.79 Å². The normalized spacial score (nSPS) is 46.2. The molecule has 2 heterocycles. The third-order valence-electron chi connectivity index (χ3n) is 5.72. The lowest BCUT2D eigenvalue weighted by Crippen LogP contribution is -2.42. The molecule has 0 radical (unpaired) electrons. The minimum Gasteiger partial charge on any atom is -0.387 e. The number of hydrogen-bond acceptors (Lipinski definition) is 4. The van der Waals surface area contributed by atoms with Crippen LogP contribution in [0.1, 0.15) is 73.1 Å². The molecule has 0 amide bonds. The molecule has 2 rings (SSSR count). The molecule has 2 aliphatic rings. The van der Waals surface area contributed by atoms with Crippen LogP contribution in [0.25, 0.3) is 0 Å². The molecular weight excluding hydrogens is 304 g/mol. The predicted octanol–water partition coefficient (Wildman–Crippen LogP) is 3.40. The van der Waals surface area contributed by atoms with Crippen LogP contribution in [-0.4, -0.2) is 38.9 Å². The Morgan fingerprint density at radius 1 is 1.12 bits per heavy atom. The topological polar surface area (TPSA) is 66.8 Å². The first-order chi connectivity index (χ1) is 10.9. The van der Waals surface area contributed by atoms with Crippen LogP contribution >= 0.6 is 0 Å². The highest BCUT2D eigenvalue weighted by molar-refractivity contribution is 5.80. The smallest absolute Gasteiger partial charge is 0.138 e. The van der Waals surface area contributed by atoms with E-state index in [0.29, 0.717) is 12.3 Å². The number of carbonyl (C=O) groups is 1. The highest BCUT2D eigenvalue weighted by Crippen LogP contribution is 2.40. The van der Waals surface area contributed by atoms with E-state index in [1.54, 1.807) is 13.0 Å². The number of carbonyl (C=O) groups excluding carboxylic acids is 1. The molecule has 24 heavy (non-hydrogen) atoms. The number of hydrogen-bond donors (Lipinski definition) is 2. The molecule has 4 heteroatoms. The number of aliphatic hydroxyl groups is 2. The molecule has 0 aromatic carbocycles. The maximum absolute atomic E-state index is 12.4. The van der Waals surface area contributed by atoms with Gasteiger partial charge in [0.2, 0.25) is 0 Å². The first-order valence-corrected chi connectivity index (χ1v) is 9.26. The fourth-order valence-electron chi connectivity index (χ4n) is 4.01. The molecule has 0 spiro atoms. The van der Waals surface area contributed by atoms with E-state index in [1.165, 1.54) is 0 Å². The van der Waals surface area contributed by atoms with Gasteiger partial charge in [0.1, 0.15) is 5.78 Å². The van der Waals surface area contributed by atoms with Crippen LogP contribution < -0.4 is 0 Å². The van der Waals surface area contributed by atoms with E-state index < -0.39 is 16.8 Å². The van der Waals surface area contributed by atoms with Crippen LogP contribution in [0.5, 0.6) is 0 Å². The molecule has 1 fully saturated rings. The van der Waals surface area contributed by atoms with E-state index in [9.17, 15) is 15.0 Å². The Hall–Kier alpha value is -0.710. The monoisotopic (exact) mass is 338 g/mol. The maximum Gasteiger partial charge on any atom is 0.138 e. The minimum atomic E-state index is -1.13. The zero-order valence-corrected chi connectivity index (χ0v) is 15.8. The van der Waals surface area contributed by atoms with Crippen molar-refractivity contribution in [1.29, 1.82) is 0 Å². The van der Waals surface area contributed by atoms with Crippen LogP contribution in [0.3, 0.4) is 0 Å². The molecule has 0 aromatic heterocycles. The molecular formula is C20H34O4. The van der Waals surface area contributed by atoms with E-state index in [2.05, 4.69) is 13.8 Å². The molecule has 0 aliphatic carbocycles. The van der Waals surface area contributed by atoms with Gasteiger partial charge in [0.15, 0.2) is 0 Å². The highest BCUT2D eigenvalue weighted by Gasteiger charge is 2.45. The first kappa shape index (κ1) is 19.6. The molecule has 2 N–H and O–H groups in total. The second kappa shape index (κ2) is 6.89. The molecule has 2 bridgehead atoms. The summed E-state index contributed by atoms with van der Waals surface area (Å²) in [5, 5.41) is 21.5. The van der Waals surface area contributed by atoms with Gasteiger partial charge in [-0.15, -0.1) is 0 Å². The summed E-state index contributed by atoms with van der Waals surface area (Å²) in [4.78, 5) is 12.4. The highest BCUT2D eigenvalue weighted by atomic mass is 16.5. The fraction of sp³-hybridized carbons (Fsp3) is 0.850. The Morgan fingerprint density at radius 2 is 1.79 bits per heavy atom. The number of fused-ring (bicyclic) bond motifs is 2. The van der Waals surface area contributed by atoms with Gasteiger partial charge in [-0.2, -0.15) is 0 Å². The van der Waals surface area contributed by atoms with Crippen molar-refractivity contribution in [2.45, 2.75) is 96.1 Å². The first-order valence-electron chi connectivity index (χ1n) is 9.26. The van der Waals surface area contributed by atoms with Gasteiger partial charge in [-0.25, -0.2) is 0 Å². The van der Waals surface area contributed by atoms with Crippen LogP contribution in [0.4, 0.5) is 0 Å². The molecule has 0 aromatic rings. The van der Waals surface area contributed by atoms with Crippen molar-refractivity contribution in [2.24, 2.45) is 11.8 Å². The molecule has 1 saturated heterocycles. The standard InChI is InChI=1S/C20H34O4/c1-14(2)15-6-9-18(3,22)12-16(21)13-19(4)10-8-17(24-19)20(5,23)11-7-15/h6,9,14-15,17,22-23H,7-8,10-13H2,1-5H3/b9-6+/t15-,17-,18+,19-,20-/m0/s1. The summed E-state index contributed by atoms with van der Waals surface area (Å²) < 4.78 is 6.14. The van der Waals surface area contributed by atoms with Gasteiger partial charge in [0.05, 0.1) is 22.9 Å². The van der Waals surface area contributed by atoms with Gasteiger partial charge < -0.3 is 14.9 Å². The Morgan fingerprint density at radius 3 is 2.42 bits per heavy atom. The number of ketones is 1. The molecule has 2 aliphatic heterocycles. The molecule has 138 valence electrons. The fourth-order valence-corrected chi connectivity index (χ4v) is 4.01. The summed E-state index contributed by atoms with van der Waals surface area (Å²) in [5.41, 5.74) is -2.55. The summed E-state index contributed by atoms with van der Waals surface area (Å²) in [6.07, 6.45) is 6.98. The zero-order chi connectivity index (χ0) is 18.2. The second-order valence-corrected chi connectivity index (χ2v) is 9.01. The summed E-state index contributed by atoms with van der Waals surface area (Å²) in [6.45, 7) is 9.77. The van der Waals surface area contributed by atoms with Crippen molar-refractivity contribution in [1.82, 2.24) is 0 Å². The van der Waals surface area contributed by atoms with Gasteiger partial charge in [0, 0.05) is 12.8 Å². The zero-order valence-electron chi connectivity index (χ0n) is 15.8. The average molecular weight is 338 g/mol. The van der Waals surface area contributed by atoms with Crippen LogP contribution in [0.2, 0.25) is 0 Å². The predicted molar refractivity (Wildman–Crippen MR) is 94.7 cm³/mol. The van der Waals surface area contributed by atoms with Crippen molar-refractivity contribution in [3.8, 4) is 0 Å². The van der Waals surface area contributed by atoms with E-state index in [-0.39, 0.29) is 30.6 Å². The second-order valence-electron chi connectivity index (χ2n) is 9.01. The van der Waals surface area contributed by atoms with Gasteiger partial charge in [0.25, 0.3) is 0 Å². The van der Waals surface area contributed by atoms with E-state index >= 15 is 0 Å². The van der Waals surface area contributed by atoms with E-state index in [0.717, 1.165) is 19.3 Å². The van der Waals surface area contributed by atoms with Crippen molar-refractivity contribution >= 4 is 5.78 Å². The average Bonchev–Trinajstić information content (AvgIpc) is 2.79. The summed E-state index contributed by atoms with van der Waals surface area (Å²) in [5.74, 6) is 0.669. The van der Waals surface area contributed by atoms with E-state index in [1.807, 2.05) is 19.9 Å². The van der Waals surface area contributed by atoms with Crippen molar-refractivity contribution in [2.75, 3.05) is 0 Å². The van der Waals surface area contributed by atoms with Crippen molar-refractivity contribution in [3.63, 3.8) is 0 Å². The lowest BCUT2D eigenvalue weighted by Gasteiger charge is -2.33. The number of allylic oxidation sites excluding steroid dienone is 1. The SMILES string of the molecule is CC(C)[C@H]1/C=C/[C@@](C)(O)CC(=O)C[C@]2(C)CC[C@H](O2)[C@@](C)(O)CC1. The van der Waals surface area contributed by atoms with Crippen molar-refractivity contribution in [3.05, 3.63) is 12.2 Å². The van der Waals surface area contributed by atoms with Crippen LogP contribution in [0, 0.1) is 11.8 Å². The third-order valence-corrected chi connectivity index (χ3v) is 5.72. The maximum atomic E-state index is 12.4. The molecule has 4 nitrogen and oxygen atoms in total. The molecule has 0 saturated carbocycles. The minimum absolute atomic E-state index is 0.00721. The number of rotatable bonds is 1. The van der Waals surface area contributed by atoms with Crippen LogP contribution in [-0.2, 0) is 9.53 Å². The van der Waals surface area contributed by atoms with Gasteiger partial charge >= 0.3 is 0 Å². The number of Topliss-reactive ketones (excluding diaryl/α,β-unsaturated/α-hetero) is 1. The summed E-state index contributed by atoms with van der Waals surface area (Å²) >= 11 is 0. The Bertz CT molecular complexity index is 492. The Kier molecular flexibility index (Phi) is 5.63. The van der Waals surface area contributed by atoms with Gasteiger partial charge in [-0.05, 0) is 58.3 Å². The van der Waals surface area contributed by atoms with Crippen LogP contribution in [0.15, 0.2) is 12.2 Å². The summed E-state index contributed by atoms with van der Waals surface area (Å²) in [6, 6.07) is 0. The Labute approximate surface area is 146 Å². The Balaban J connectivity index is 2.28. The lowest BCUT2D eigenvalue weighted by atomic mass is 9.82. The lowest BCUT2D eigenvalue weighted by molar-refractivity contribution is -0.143. The quantitative estimate of drug-likeness (QED) is 0.719. The molecule has 5 atom stereocenters. The number of ether oxygens (including phenoxy) is 1. The largest absolute Gasteiger partial charge is 0.387 e. The van der Waals surface area contributed by atoms with E-state index in [4.69, 9.17) is 4.74 Å². The van der Waals surface area contributed by atoms with Gasteiger partial charge in [-0.1, -0.05) is 26.0 Å². The summed E-state index contributed by atoms with van der Waals surface area (Å²) in [7, 11) is 0.